The van der Waals surface area contributed by atoms with E-state index in [1.54, 1.807) is 24.3 Å². The van der Waals surface area contributed by atoms with E-state index in [4.69, 9.17) is 11.6 Å². The molecule has 2 aromatic rings. The van der Waals surface area contributed by atoms with E-state index in [1.165, 1.54) is 23.1 Å². The van der Waals surface area contributed by atoms with E-state index in [0.717, 1.165) is 6.26 Å². The van der Waals surface area contributed by atoms with E-state index < -0.39 is 15.7 Å². The minimum absolute atomic E-state index is 0.0716. The van der Waals surface area contributed by atoms with Crippen LogP contribution in [0.5, 0.6) is 0 Å². The molecule has 0 bridgehead atoms. The molecule has 3 rings (SSSR count). The van der Waals surface area contributed by atoms with Crippen LogP contribution in [0.4, 0.5) is 11.4 Å². The number of amides is 2. The zero-order valence-corrected chi connectivity index (χ0v) is 14.2. The summed E-state index contributed by atoms with van der Waals surface area (Å²) in [6.45, 7) is -0.146. The standard InChI is InChI=1S/C16H13ClN2O4S/c1-24(22,23)12-6-7-14-13(8-12)18-15(20)9-19(14)16(21)10-2-4-11(17)5-3-10/h2-8H,9H2,1H3,(H,18,20). The predicted octanol–water partition coefficient (Wildman–Crippen LogP) is 2.34. The molecule has 2 aromatic carbocycles. The van der Waals surface area contributed by atoms with Crippen molar-refractivity contribution in [2.75, 3.05) is 23.0 Å². The van der Waals surface area contributed by atoms with Crippen LogP contribution in [0.2, 0.25) is 5.02 Å². The lowest BCUT2D eigenvalue weighted by Crippen LogP contribution is -2.42. The van der Waals surface area contributed by atoms with Gasteiger partial charge in [0.25, 0.3) is 5.91 Å². The number of halogens is 1. The van der Waals surface area contributed by atoms with E-state index in [1.807, 2.05) is 0 Å². The molecule has 0 spiro atoms. The van der Waals surface area contributed by atoms with Crippen molar-refractivity contribution in [2.45, 2.75) is 4.90 Å². The maximum Gasteiger partial charge on any atom is 0.258 e. The minimum atomic E-state index is -3.42. The summed E-state index contributed by atoms with van der Waals surface area (Å²) < 4.78 is 23.3. The molecular weight excluding hydrogens is 352 g/mol. The number of rotatable bonds is 2. The third-order valence-corrected chi connectivity index (χ3v) is 4.96. The van der Waals surface area contributed by atoms with E-state index in [0.29, 0.717) is 16.3 Å². The van der Waals surface area contributed by atoms with Gasteiger partial charge in [-0.3, -0.25) is 14.5 Å². The molecule has 0 atom stereocenters. The maximum atomic E-state index is 12.7. The number of benzene rings is 2. The second-order valence-corrected chi connectivity index (χ2v) is 7.85. The van der Waals surface area contributed by atoms with Crippen molar-refractivity contribution >= 4 is 44.6 Å². The van der Waals surface area contributed by atoms with Gasteiger partial charge in [0.2, 0.25) is 5.91 Å². The van der Waals surface area contributed by atoms with Crippen LogP contribution in [0, 0.1) is 0 Å². The Bertz CT molecular complexity index is 939. The summed E-state index contributed by atoms with van der Waals surface area (Å²) in [7, 11) is -3.42. The zero-order valence-electron chi connectivity index (χ0n) is 12.6. The van der Waals surface area contributed by atoms with Gasteiger partial charge in [0.05, 0.1) is 16.3 Å². The molecule has 0 saturated carbocycles. The van der Waals surface area contributed by atoms with Gasteiger partial charge in [-0.25, -0.2) is 8.42 Å². The summed E-state index contributed by atoms with van der Waals surface area (Å²) in [6, 6.07) is 10.6. The van der Waals surface area contributed by atoms with Gasteiger partial charge in [-0.2, -0.15) is 0 Å². The average Bonchev–Trinajstić information content (AvgIpc) is 2.52. The van der Waals surface area contributed by atoms with Crippen LogP contribution in [0.15, 0.2) is 47.4 Å². The Hall–Kier alpha value is -2.38. The summed E-state index contributed by atoms with van der Waals surface area (Å²) in [5, 5.41) is 3.10. The summed E-state index contributed by atoms with van der Waals surface area (Å²) in [4.78, 5) is 26.0. The first-order valence-electron chi connectivity index (χ1n) is 6.97. The average molecular weight is 365 g/mol. The summed E-state index contributed by atoms with van der Waals surface area (Å²) in [5.74, 6) is -0.759. The number of fused-ring (bicyclic) bond motifs is 1. The number of hydrogen-bond acceptors (Lipinski definition) is 4. The van der Waals surface area contributed by atoms with Crippen LogP contribution < -0.4 is 10.2 Å². The van der Waals surface area contributed by atoms with Crippen LogP contribution in [0.1, 0.15) is 10.4 Å². The molecule has 0 aliphatic carbocycles. The van der Waals surface area contributed by atoms with E-state index >= 15 is 0 Å². The van der Waals surface area contributed by atoms with Gasteiger partial charge in [0.15, 0.2) is 9.84 Å². The molecule has 0 saturated heterocycles. The van der Waals surface area contributed by atoms with Crippen molar-refractivity contribution in [1.29, 1.82) is 0 Å². The quantitative estimate of drug-likeness (QED) is 0.886. The molecule has 1 heterocycles. The van der Waals surface area contributed by atoms with Gasteiger partial charge in [-0.15, -0.1) is 0 Å². The highest BCUT2D eigenvalue weighted by molar-refractivity contribution is 7.90. The first kappa shape index (κ1) is 16.5. The van der Waals surface area contributed by atoms with Gasteiger partial charge in [-0.05, 0) is 42.5 Å². The van der Waals surface area contributed by atoms with Crippen LogP contribution >= 0.6 is 11.6 Å². The van der Waals surface area contributed by atoms with Crippen LogP contribution in [0.25, 0.3) is 0 Å². The zero-order chi connectivity index (χ0) is 17.5. The predicted molar refractivity (Wildman–Crippen MR) is 91.3 cm³/mol. The summed E-state index contributed by atoms with van der Waals surface area (Å²) >= 11 is 5.82. The van der Waals surface area contributed by atoms with Gasteiger partial charge in [0, 0.05) is 16.8 Å². The maximum absolute atomic E-state index is 12.7. The number of carbonyl (C=O) groups is 2. The molecule has 124 valence electrons. The third kappa shape index (κ3) is 3.13. The molecule has 1 N–H and O–H groups in total. The number of anilines is 2. The Balaban J connectivity index is 2.04. The molecule has 1 aliphatic rings. The van der Waals surface area contributed by atoms with Gasteiger partial charge in [-0.1, -0.05) is 11.6 Å². The van der Waals surface area contributed by atoms with E-state index in [-0.39, 0.29) is 23.0 Å². The highest BCUT2D eigenvalue weighted by atomic mass is 35.5. The van der Waals surface area contributed by atoms with Crippen LogP contribution in [-0.4, -0.2) is 33.0 Å². The number of sulfone groups is 1. The second-order valence-electron chi connectivity index (χ2n) is 5.40. The Morgan fingerprint density at radius 2 is 1.83 bits per heavy atom. The molecule has 24 heavy (non-hydrogen) atoms. The molecule has 8 heteroatoms. The fraction of sp³-hybridized carbons (Fsp3) is 0.125. The number of nitrogens with one attached hydrogen (secondary N) is 1. The smallest absolute Gasteiger partial charge is 0.258 e. The fourth-order valence-electron chi connectivity index (χ4n) is 2.43. The van der Waals surface area contributed by atoms with Crippen molar-refractivity contribution in [3.63, 3.8) is 0 Å². The molecule has 0 unspecified atom stereocenters. The largest absolute Gasteiger partial charge is 0.323 e. The van der Waals surface area contributed by atoms with Crippen molar-refractivity contribution in [1.82, 2.24) is 0 Å². The molecule has 0 radical (unpaired) electrons. The topological polar surface area (TPSA) is 83.6 Å². The van der Waals surface area contributed by atoms with Crippen molar-refractivity contribution in [2.24, 2.45) is 0 Å². The van der Waals surface area contributed by atoms with Crippen molar-refractivity contribution in [3.8, 4) is 0 Å². The number of carbonyl (C=O) groups excluding carboxylic acids is 2. The van der Waals surface area contributed by atoms with E-state index in [2.05, 4.69) is 5.32 Å². The fourth-order valence-corrected chi connectivity index (χ4v) is 3.20. The Labute approximate surface area is 144 Å². The van der Waals surface area contributed by atoms with Crippen molar-refractivity contribution in [3.05, 3.63) is 53.1 Å². The van der Waals surface area contributed by atoms with Gasteiger partial charge >= 0.3 is 0 Å². The minimum Gasteiger partial charge on any atom is -0.323 e. The van der Waals surface area contributed by atoms with E-state index in [9.17, 15) is 18.0 Å². The van der Waals surface area contributed by atoms with Gasteiger partial charge in [0.1, 0.15) is 6.54 Å². The lowest BCUT2D eigenvalue weighted by Gasteiger charge is -2.29. The van der Waals surface area contributed by atoms with Crippen LogP contribution in [0.3, 0.4) is 0 Å². The summed E-state index contributed by atoms with van der Waals surface area (Å²) in [6.07, 6.45) is 1.08. The lowest BCUT2D eigenvalue weighted by atomic mass is 10.1. The first-order valence-corrected chi connectivity index (χ1v) is 9.24. The number of hydrogen-bond donors (Lipinski definition) is 1. The molecular formula is C16H13ClN2O4S. The van der Waals surface area contributed by atoms with Crippen LogP contribution in [-0.2, 0) is 14.6 Å². The molecule has 6 nitrogen and oxygen atoms in total. The summed E-state index contributed by atoms with van der Waals surface area (Å²) in [5.41, 5.74) is 1.12. The lowest BCUT2D eigenvalue weighted by molar-refractivity contribution is -0.115. The third-order valence-electron chi connectivity index (χ3n) is 3.60. The second kappa shape index (κ2) is 5.92. The molecule has 0 fully saturated rings. The highest BCUT2D eigenvalue weighted by Crippen LogP contribution is 2.32. The monoisotopic (exact) mass is 364 g/mol. The Morgan fingerprint density at radius 3 is 2.46 bits per heavy atom. The molecule has 0 aromatic heterocycles. The van der Waals surface area contributed by atoms with Crippen molar-refractivity contribution < 1.29 is 18.0 Å². The normalized spacial score (nSPS) is 14.1. The SMILES string of the molecule is CS(=O)(=O)c1ccc2c(c1)NC(=O)CN2C(=O)c1ccc(Cl)cc1. The number of nitrogens with zero attached hydrogens (tertiary/aromatic N) is 1. The molecule has 2 amide bonds. The van der Waals surface area contributed by atoms with Gasteiger partial charge < -0.3 is 5.32 Å². The molecule has 1 aliphatic heterocycles. The first-order chi connectivity index (χ1) is 11.3. The Kier molecular flexibility index (Phi) is 4.06. The Morgan fingerprint density at radius 1 is 1.17 bits per heavy atom. The highest BCUT2D eigenvalue weighted by Gasteiger charge is 2.28.